The maximum atomic E-state index is 12.5. The summed E-state index contributed by atoms with van der Waals surface area (Å²) in [6.07, 6.45) is 0. The molecule has 5 nitrogen and oxygen atoms in total. The zero-order chi connectivity index (χ0) is 17.0. The van der Waals surface area contributed by atoms with E-state index in [0.717, 1.165) is 11.1 Å². The molecule has 0 aliphatic rings. The SMILES string of the molecule is COC(=O)c1cccc(S(=O)(=O)NC(C)c2ccccc2C)c1. The Hall–Kier alpha value is -2.18. The molecular weight excluding hydrogens is 314 g/mol. The van der Waals surface area contributed by atoms with E-state index in [4.69, 9.17) is 0 Å². The second kappa shape index (κ2) is 6.93. The van der Waals surface area contributed by atoms with Crippen LogP contribution < -0.4 is 4.72 Å². The first-order chi connectivity index (χ1) is 10.8. The first kappa shape index (κ1) is 17.2. The summed E-state index contributed by atoms with van der Waals surface area (Å²) >= 11 is 0. The number of rotatable bonds is 5. The Morgan fingerprint density at radius 3 is 2.48 bits per heavy atom. The minimum absolute atomic E-state index is 0.0286. The van der Waals surface area contributed by atoms with Crippen LogP contribution in [0.5, 0.6) is 0 Å². The Labute approximate surface area is 136 Å². The lowest BCUT2D eigenvalue weighted by Crippen LogP contribution is -2.27. The Kier molecular flexibility index (Phi) is 5.18. The average molecular weight is 333 g/mol. The molecule has 0 aliphatic carbocycles. The molecule has 0 fully saturated rings. The zero-order valence-corrected chi connectivity index (χ0v) is 14.1. The fourth-order valence-electron chi connectivity index (χ4n) is 2.34. The average Bonchev–Trinajstić information content (AvgIpc) is 2.54. The molecule has 122 valence electrons. The molecule has 0 aliphatic heterocycles. The van der Waals surface area contributed by atoms with Gasteiger partial charge in [0.1, 0.15) is 0 Å². The first-order valence-corrected chi connectivity index (χ1v) is 8.59. The van der Waals surface area contributed by atoms with Gasteiger partial charge >= 0.3 is 5.97 Å². The standard InChI is InChI=1S/C17H19NO4S/c1-12-7-4-5-10-16(12)13(2)18-23(20,21)15-9-6-8-14(11-15)17(19)22-3/h4-11,13,18H,1-3H3. The van der Waals surface area contributed by atoms with Crippen molar-refractivity contribution in [3.63, 3.8) is 0 Å². The monoisotopic (exact) mass is 333 g/mol. The number of hydrogen-bond donors (Lipinski definition) is 1. The van der Waals surface area contributed by atoms with E-state index in [9.17, 15) is 13.2 Å². The summed E-state index contributed by atoms with van der Waals surface area (Å²) in [5, 5.41) is 0. The van der Waals surface area contributed by atoms with Crippen LogP contribution in [0, 0.1) is 6.92 Å². The number of aryl methyl sites for hydroxylation is 1. The van der Waals surface area contributed by atoms with Gasteiger partial charge in [-0.1, -0.05) is 30.3 Å². The van der Waals surface area contributed by atoms with Crippen molar-refractivity contribution < 1.29 is 17.9 Å². The summed E-state index contributed by atoms with van der Waals surface area (Å²) in [7, 11) is -2.49. The smallest absolute Gasteiger partial charge is 0.337 e. The third-order valence-corrected chi connectivity index (χ3v) is 5.09. The number of methoxy groups -OCH3 is 1. The van der Waals surface area contributed by atoms with Crippen LogP contribution in [0.15, 0.2) is 53.4 Å². The molecule has 0 radical (unpaired) electrons. The highest BCUT2D eigenvalue weighted by molar-refractivity contribution is 7.89. The van der Waals surface area contributed by atoms with Gasteiger partial charge in [-0.15, -0.1) is 0 Å². The fraction of sp³-hybridized carbons (Fsp3) is 0.235. The largest absolute Gasteiger partial charge is 0.465 e. The quantitative estimate of drug-likeness (QED) is 0.854. The van der Waals surface area contributed by atoms with Crippen LogP contribution in [0.4, 0.5) is 0 Å². The molecule has 0 saturated heterocycles. The summed E-state index contributed by atoms with van der Waals surface area (Å²) < 4.78 is 32.3. The van der Waals surface area contributed by atoms with Crippen molar-refractivity contribution in [2.24, 2.45) is 0 Å². The van der Waals surface area contributed by atoms with Crippen molar-refractivity contribution in [2.75, 3.05) is 7.11 Å². The molecule has 1 atom stereocenters. The highest BCUT2D eigenvalue weighted by Gasteiger charge is 2.20. The number of carbonyl (C=O) groups excluding carboxylic acids is 1. The van der Waals surface area contributed by atoms with Crippen LogP contribution >= 0.6 is 0 Å². The topological polar surface area (TPSA) is 72.5 Å². The van der Waals surface area contributed by atoms with E-state index in [1.54, 1.807) is 6.92 Å². The molecule has 0 spiro atoms. The van der Waals surface area contributed by atoms with Gasteiger partial charge in [0, 0.05) is 6.04 Å². The highest BCUT2D eigenvalue weighted by Crippen LogP contribution is 2.20. The number of ether oxygens (including phenoxy) is 1. The van der Waals surface area contributed by atoms with Gasteiger partial charge in [0.05, 0.1) is 17.6 Å². The number of esters is 1. The fourth-order valence-corrected chi connectivity index (χ4v) is 3.61. The lowest BCUT2D eigenvalue weighted by molar-refractivity contribution is 0.0600. The van der Waals surface area contributed by atoms with Crippen molar-refractivity contribution in [3.8, 4) is 0 Å². The summed E-state index contributed by atoms with van der Waals surface area (Å²) in [5.41, 5.74) is 2.10. The molecule has 23 heavy (non-hydrogen) atoms. The van der Waals surface area contributed by atoms with Crippen LogP contribution in [0.1, 0.15) is 34.5 Å². The van der Waals surface area contributed by atoms with Gasteiger partial charge < -0.3 is 4.74 Å². The Balaban J connectivity index is 2.29. The minimum Gasteiger partial charge on any atom is -0.465 e. The van der Waals surface area contributed by atoms with E-state index in [0.29, 0.717) is 0 Å². The molecule has 1 unspecified atom stereocenters. The van der Waals surface area contributed by atoms with Gasteiger partial charge in [0.25, 0.3) is 0 Å². The third-order valence-electron chi connectivity index (χ3n) is 3.55. The lowest BCUT2D eigenvalue weighted by atomic mass is 10.0. The Bertz CT molecular complexity index is 815. The Morgan fingerprint density at radius 1 is 1.13 bits per heavy atom. The van der Waals surface area contributed by atoms with Gasteiger partial charge in [-0.3, -0.25) is 0 Å². The van der Waals surface area contributed by atoms with E-state index in [2.05, 4.69) is 9.46 Å². The van der Waals surface area contributed by atoms with Gasteiger partial charge in [0.2, 0.25) is 10.0 Å². The number of benzene rings is 2. The molecule has 0 bridgehead atoms. The molecule has 1 N–H and O–H groups in total. The first-order valence-electron chi connectivity index (χ1n) is 7.11. The van der Waals surface area contributed by atoms with Crippen LogP contribution in [-0.2, 0) is 14.8 Å². The maximum Gasteiger partial charge on any atom is 0.337 e. The molecular formula is C17H19NO4S. The van der Waals surface area contributed by atoms with E-state index in [1.807, 2.05) is 31.2 Å². The van der Waals surface area contributed by atoms with Crippen molar-refractivity contribution in [3.05, 3.63) is 65.2 Å². The van der Waals surface area contributed by atoms with E-state index in [-0.39, 0.29) is 16.5 Å². The van der Waals surface area contributed by atoms with Crippen LogP contribution in [0.3, 0.4) is 0 Å². The van der Waals surface area contributed by atoms with Gasteiger partial charge in [0.15, 0.2) is 0 Å². The molecule has 2 rings (SSSR count). The minimum atomic E-state index is -3.75. The number of hydrogen-bond acceptors (Lipinski definition) is 4. The van der Waals surface area contributed by atoms with Gasteiger partial charge in [-0.25, -0.2) is 17.9 Å². The molecule has 0 heterocycles. The zero-order valence-electron chi connectivity index (χ0n) is 13.2. The lowest BCUT2D eigenvalue weighted by Gasteiger charge is -2.17. The molecule has 0 aromatic heterocycles. The normalized spacial score (nSPS) is 12.7. The number of carbonyl (C=O) groups is 1. The summed E-state index contributed by atoms with van der Waals surface area (Å²) in [4.78, 5) is 11.6. The van der Waals surface area contributed by atoms with E-state index >= 15 is 0 Å². The predicted molar refractivity (Wildman–Crippen MR) is 87.7 cm³/mol. The predicted octanol–water partition coefficient (Wildman–Crippen LogP) is 2.82. The van der Waals surface area contributed by atoms with E-state index in [1.165, 1.54) is 31.4 Å². The Morgan fingerprint density at radius 2 is 1.83 bits per heavy atom. The summed E-state index contributed by atoms with van der Waals surface area (Å²) in [6.45, 7) is 3.71. The molecule has 2 aromatic carbocycles. The molecule has 2 aromatic rings. The van der Waals surface area contributed by atoms with Crippen LogP contribution in [-0.4, -0.2) is 21.5 Å². The number of sulfonamides is 1. The molecule has 0 amide bonds. The maximum absolute atomic E-state index is 12.5. The van der Waals surface area contributed by atoms with Gasteiger partial charge in [-0.2, -0.15) is 0 Å². The highest BCUT2D eigenvalue weighted by atomic mass is 32.2. The number of nitrogens with one attached hydrogen (secondary N) is 1. The second-order valence-corrected chi connectivity index (χ2v) is 6.93. The third kappa shape index (κ3) is 3.97. The van der Waals surface area contributed by atoms with Crippen molar-refractivity contribution in [2.45, 2.75) is 24.8 Å². The van der Waals surface area contributed by atoms with E-state index < -0.39 is 16.0 Å². The summed E-state index contributed by atoms with van der Waals surface area (Å²) in [5.74, 6) is -0.575. The summed E-state index contributed by atoms with van der Waals surface area (Å²) in [6, 6.07) is 13.0. The second-order valence-electron chi connectivity index (χ2n) is 5.22. The van der Waals surface area contributed by atoms with Gasteiger partial charge in [-0.05, 0) is 43.2 Å². The van der Waals surface area contributed by atoms with Crippen molar-refractivity contribution in [1.29, 1.82) is 0 Å². The van der Waals surface area contributed by atoms with Crippen LogP contribution in [0.25, 0.3) is 0 Å². The molecule has 6 heteroatoms. The molecule has 0 saturated carbocycles. The van der Waals surface area contributed by atoms with Crippen molar-refractivity contribution in [1.82, 2.24) is 4.72 Å². The van der Waals surface area contributed by atoms with Crippen LogP contribution in [0.2, 0.25) is 0 Å². The van der Waals surface area contributed by atoms with Crippen molar-refractivity contribution >= 4 is 16.0 Å².